The van der Waals surface area contributed by atoms with E-state index in [1.807, 2.05) is 30.3 Å². The molecular formula is C17H16ClN2+. The molecule has 0 aliphatic rings. The number of imidazole rings is 1. The van der Waals surface area contributed by atoms with Crippen molar-refractivity contribution in [1.29, 1.82) is 0 Å². The molecule has 3 rings (SSSR count). The van der Waals surface area contributed by atoms with Crippen molar-refractivity contribution in [3.8, 4) is 16.9 Å². The summed E-state index contributed by atoms with van der Waals surface area (Å²) in [4.78, 5) is 0. The lowest BCUT2D eigenvalue weighted by Crippen LogP contribution is -2.32. The molecule has 0 bridgehead atoms. The lowest BCUT2D eigenvalue weighted by atomic mass is 10.1. The minimum Gasteiger partial charge on any atom is -0.230 e. The van der Waals surface area contributed by atoms with Crippen LogP contribution in [-0.4, -0.2) is 4.57 Å². The lowest BCUT2D eigenvalue weighted by Gasteiger charge is -1.98. The molecule has 0 spiro atoms. The van der Waals surface area contributed by atoms with E-state index in [9.17, 15) is 0 Å². The molecule has 0 aliphatic carbocycles. The fourth-order valence-corrected chi connectivity index (χ4v) is 2.43. The number of rotatable bonds is 3. The Morgan fingerprint density at radius 2 is 1.70 bits per heavy atom. The topological polar surface area (TPSA) is 8.81 Å². The van der Waals surface area contributed by atoms with E-state index in [2.05, 4.69) is 52.8 Å². The van der Waals surface area contributed by atoms with E-state index in [0.29, 0.717) is 0 Å². The van der Waals surface area contributed by atoms with Crippen LogP contribution in [0.4, 0.5) is 0 Å². The van der Waals surface area contributed by atoms with Crippen molar-refractivity contribution in [3.05, 3.63) is 72.1 Å². The number of para-hydroxylation sites is 1. The van der Waals surface area contributed by atoms with Crippen molar-refractivity contribution in [2.45, 2.75) is 13.5 Å². The third-order valence-electron chi connectivity index (χ3n) is 3.37. The standard InChI is InChI=1S/C17H16ClN2/c1-2-19-13-20(16-6-4-3-5-7-16)12-17(19)14-8-10-15(18)11-9-14/h3-13H,2H2,1H3/q+1. The van der Waals surface area contributed by atoms with Crippen LogP contribution in [0.5, 0.6) is 0 Å². The van der Waals surface area contributed by atoms with E-state index in [0.717, 1.165) is 17.3 Å². The highest BCUT2D eigenvalue weighted by atomic mass is 35.5. The molecule has 3 heteroatoms. The summed E-state index contributed by atoms with van der Waals surface area (Å²) < 4.78 is 4.38. The van der Waals surface area contributed by atoms with Gasteiger partial charge in [0.1, 0.15) is 11.9 Å². The van der Waals surface area contributed by atoms with Gasteiger partial charge in [-0.05, 0) is 43.3 Å². The van der Waals surface area contributed by atoms with Gasteiger partial charge in [-0.15, -0.1) is 0 Å². The molecule has 0 atom stereocenters. The van der Waals surface area contributed by atoms with Crippen LogP contribution >= 0.6 is 11.6 Å². The quantitative estimate of drug-likeness (QED) is 0.640. The van der Waals surface area contributed by atoms with E-state index < -0.39 is 0 Å². The molecule has 100 valence electrons. The third kappa shape index (κ3) is 2.47. The van der Waals surface area contributed by atoms with Gasteiger partial charge in [-0.1, -0.05) is 29.8 Å². The molecule has 2 aromatic carbocycles. The number of halogens is 1. The van der Waals surface area contributed by atoms with Gasteiger partial charge in [0, 0.05) is 10.6 Å². The number of benzene rings is 2. The summed E-state index contributed by atoms with van der Waals surface area (Å²) in [6.45, 7) is 3.08. The van der Waals surface area contributed by atoms with E-state index in [1.54, 1.807) is 0 Å². The van der Waals surface area contributed by atoms with Gasteiger partial charge in [-0.2, -0.15) is 0 Å². The lowest BCUT2D eigenvalue weighted by molar-refractivity contribution is -0.682. The molecule has 0 fully saturated rings. The average Bonchev–Trinajstić information content (AvgIpc) is 2.93. The van der Waals surface area contributed by atoms with Crippen LogP contribution in [0.2, 0.25) is 5.02 Å². The van der Waals surface area contributed by atoms with Gasteiger partial charge in [-0.25, -0.2) is 9.13 Å². The zero-order valence-corrected chi connectivity index (χ0v) is 12.1. The maximum Gasteiger partial charge on any atom is 0.249 e. The molecule has 0 N–H and O–H groups in total. The van der Waals surface area contributed by atoms with Crippen LogP contribution in [0, 0.1) is 0 Å². The van der Waals surface area contributed by atoms with Crippen molar-refractivity contribution in [2.24, 2.45) is 0 Å². The Hall–Kier alpha value is -2.06. The Balaban J connectivity index is 2.07. The van der Waals surface area contributed by atoms with Crippen LogP contribution in [0.25, 0.3) is 16.9 Å². The van der Waals surface area contributed by atoms with Crippen LogP contribution in [0.1, 0.15) is 6.92 Å². The molecule has 1 heterocycles. The second-order valence-electron chi connectivity index (χ2n) is 4.67. The summed E-state index contributed by atoms with van der Waals surface area (Å²) in [6, 6.07) is 18.3. The van der Waals surface area contributed by atoms with Crippen LogP contribution in [0.15, 0.2) is 67.1 Å². The minimum atomic E-state index is 0.763. The third-order valence-corrected chi connectivity index (χ3v) is 3.62. The summed E-state index contributed by atoms with van der Waals surface area (Å²) in [5.41, 5.74) is 3.52. The molecule has 1 aromatic heterocycles. The second kappa shape index (κ2) is 5.51. The zero-order chi connectivity index (χ0) is 13.9. The molecule has 0 unspecified atom stereocenters. The van der Waals surface area contributed by atoms with Gasteiger partial charge in [0.2, 0.25) is 6.33 Å². The second-order valence-corrected chi connectivity index (χ2v) is 5.10. The van der Waals surface area contributed by atoms with E-state index in [1.165, 1.54) is 11.3 Å². The predicted octanol–water partition coefficient (Wildman–Crippen LogP) is 4.11. The smallest absolute Gasteiger partial charge is 0.230 e. The molecule has 3 aromatic rings. The maximum absolute atomic E-state index is 5.96. The normalized spacial score (nSPS) is 10.7. The summed E-state index contributed by atoms with van der Waals surface area (Å²) in [5.74, 6) is 0. The number of nitrogens with zero attached hydrogens (tertiary/aromatic N) is 2. The van der Waals surface area contributed by atoms with Crippen molar-refractivity contribution in [2.75, 3.05) is 0 Å². The first-order valence-electron chi connectivity index (χ1n) is 6.70. The number of hydrogen-bond donors (Lipinski definition) is 0. The van der Waals surface area contributed by atoms with Crippen molar-refractivity contribution in [3.63, 3.8) is 0 Å². The molecule has 0 saturated heterocycles. The van der Waals surface area contributed by atoms with Gasteiger partial charge in [0.25, 0.3) is 0 Å². The van der Waals surface area contributed by atoms with Gasteiger partial charge in [-0.3, -0.25) is 0 Å². The highest BCUT2D eigenvalue weighted by molar-refractivity contribution is 6.30. The zero-order valence-electron chi connectivity index (χ0n) is 11.3. The van der Waals surface area contributed by atoms with E-state index in [4.69, 9.17) is 11.6 Å². The SMILES string of the molecule is CC[n+]1cn(-c2ccccc2)cc1-c1ccc(Cl)cc1. The largest absolute Gasteiger partial charge is 0.249 e. The Morgan fingerprint density at radius 3 is 2.35 bits per heavy atom. The highest BCUT2D eigenvalue weighted by Crippen LogP contribution is 2.20. The van der Waals surface area contributed by atoms with Gasteiger partial charge in [0.05, 0.1) is 6.54 Å². The van der Waals surface area contributed by atoms with Crippen LogP contribution < -0.4 is 4.57 Å². The molecule has 0 radical (unpaired) electrons. The summed E-state index contributed by atoms with van der Waals surface area (Å²) in [5, 5.41) is 0.763. The minimum absolute atomic E-state index is 0.763. The predicted molar refractivity (Wildman–Crippen MR) is 82.1 cm³/mol. The van der Waals surface area contributed by atoms with Gasteiger partial charge < -0.3 is 0 Å². The average molecular weight is 284 g/mol. The van der Waals surface area contributed by atoms with E-state index >= 15 is 0 Å². The molecule has 20 heavy (non-hydrogen) atoms. The van der Waals surface area contributed by atoms with Crippen LogP contribution in [-0.2, 0) is 6.54 Å². The van der Waals surface area contributed by atoms with Gasteiger partial charge in [0.15, 0.2) is 5.69 Å². The molecular weight excluding hydrogens is 268 g/mol. The Bertz CT molecular complexity index is 700. The Kier molecular flexibility index (Phi) is 3.57. The molecule has 0 aliphatic heterocycles. The Labute approximate surface area is 123 Å². The molecule has 2 nitrogen and oxygen atoms in total. The number of aryl methyl sites for hydroxylation is 1. The number of hydrogen-bond acceptors (Lipinski definition) is 0. The fourth-order valence-electron chi connectivity index (χ4n) is 2.31. The fraction of sp³-hybridized carbons (Fsp3) is 0.118. The monoisotopic (exact) mass is 283 g/mol. The molecule has 0 saturated carbocycles. The van der Waals surface area contributed by atoms with Crippen molar-refractivity contribution < 1.29 is 4.57 Å². The van der Waals surface area contributed by atoms with E-state index in [-0.39, 0.29) is 0 Å². The maximum atomic E-state index is 5.96. The van der Waals surface area contributed by atoms with Crippen molar-refractivity contribution in [1.82, 2.24) is 4.57 Å². The molecule has 0 amide bonds. The Morgan fingerprint density at radius 1 is 1.00 bits per heavy atom. The summed E-state index contributed by atoms with van der Waals surface area (Å²) in [7, 11) is 0. The summed E-state index contributed by atoms with van der Waals surface area (Å²) >= 11 is 5.96. The van der Waals surface area contributed by atoms with Crippen LogP contribution in [0.3, 0.4) is 0 Å². The first kappa shape index (κ1) is 12.9. The van der Waals surface area contributed by atoms with Crippen molar-refractivity contribution >= 4 is 11.6 Å². The first-order valence-corrected chi connectivity index (χ1v) is 7.08. The first-order chi connectivity index (χ1) is 9.78. The highest BCUT2D eigenvalue weighted by Gasteiger charge is 2.15. The number of aromatic nitrogens is 2. The van der Waals surface area contributed by atoms with Gasteiger partial charge >= 0.3 is 0 Å². The summed E-state index contributed by atoms with van der Waals surface area (Å²) in [6.07, 6.45) is 4.28.